The maximum absolute atomic E-state index is 11.7. The van der Waals surface area contributed by atoms with Gasteiger partial charge in [-0.2, -0.15) is 11.8 Å². The highest BCUT2D eigenvalue weighted by molar-refractivity contribution is 7.99. The van der Waals surface area contributed by atoms with Crippen molar-refractivity contribution in [2.45, 2.75) is 12.5 Å². The van der Waals surface area contributed by atoms with Gasteiger partial charge in [-0.05, 0) is 18.4 Å². The molecule has 0 saturated heterocycles. The monoisotopic (exact) mass is 238 g/mol. The van der Waals surface area contributed by atoms with E-state index in [1.54, 1.807) is 18.8 Å². The van der Waals surface area contributed by atoms with Gasteiger partial charge in [0.2, 0.25) is 5.91 Å². The number of likely N-dealkylation sites (N-methyl/N-ethyl adjacent to an activating group) is 1. The third-order valence-corrected chi connectivity index (χ3v) is 3.68. The number of benzene rings is 1. The van der Waals surface area contributed by atoms with Gasteiger partial charge >= 0.3 is 0 Å². The Balaban J connectivity index is 3.07. The smallest absolute Gasteiger partial charge is 0.243 e. The summed E-state index contributed by atoms with van der Waals surface area (Å²) < 4.78 is 0. The molecule has 1 rings (SSSR count). The van der Waals surface area contributed by atoms with Crippen LogP contribution in [0.5, 0.6) is 0 Å². The van der Waals surface area contributed by atoms with E-state index in [2.05, 4.69) is 12.2 Å². The molecule has 0 heterocycles. The average Bonchev–Trinajstić information content (AvgIpc) is 2.31. The molecular weight excluding hydrogens is 220 g/mol. The lowest BCUT2D eigenvalue weighted by Crippen LogP contribution is -2.53. The van der Waals surface area contributed by atoms with Crippen molar-refractivity contribution < 1.29 is 4.79 Å². The Morgan fingerprint density at radius 3 is 2.50 bits per heavy atom. The number of amides is 1. The molecule has 0 aromatic heterocycles. The largest absolute Gasteiger partial charge is 0.368 e. The van der Waals surface area contributed by atoms with E-state index in [1.807, 2.05) is 30.3 Å². The highest BCUT2D eigenvalue weighted by atomic mass is 32.2. The molecule has 0 saturated carbocycles. The average molecular weight is 238 g/mol. The quantitative estimate of drug-likeness (QED) is 0.786. The van der Waals surface area contributed by atoms with E-state index in [-0.39, 0.29) is 5.91 Å². The van der Waals surface area contributed by atoms with Crippen LogP contribution in [0, 0.1) is 0 Å². The fourth-order valence-electron chi connectivity index (χ4n) is 1.61. The Morgan fingerprint density at radius 2 is 2.06 bits per heavy atom. The van der Waals surface area contributed by atoms with Crippen LogP contribution in [0.4, 0.5) is 0 Å². The summed E-state index contributed by atoms with van der Waals surface area (Å²) in [7, 11) is 1.77. The molecule has 0 aliphatic carbocycles. The molecule has 0 radical (unpaired) electrons. The Labute approximate surface area is 101 Å². The van der Waals surface area contributed by atoms with E-state index in [0.29, 0.717) is 5.75 Å². The van der Waals surface area contributed by atoms with Crippen LogP contribution >= 0.6 is 11.8 Å². The molecule has 1 atom stereocenters. The number of nitrogens with two attached hydrogens (primary N) is 1. The summed E-state index contributed by atoms with van der Waals surface area (Å²) in [6.45, 7) is 2.07. The standard InChI is InChI=1S/C12H18N2OS/c1-3-16-9-12(14-2,11(13)15)10-7-5-4-6-8-10/h4-8,14H,3,9H2,1-2H3,(H2,13,15). The first-order chi connectivity index (χ1) is 7.67. The Kier molecular flexibility index (Phi) is 4.83. The molecule has 4 heteroatoms. The fraction of sp³-hybridized carbons (Fsp3) is 0.417. The van der Waals surface area contributed by atoms with Crippen LogP contribution < -0.4 is 11.1 Å². The van der Waals surface area contributed by atoms with Crippen LogP contribution in [0.15, 0.2) is 30.3 Å². The second-order valence-electron chi connectivity index (χ2n) is 3.52. The zero-order valence-corrected chi connectivity index (χ0v) is 10.5. The fourth-order valence-corrected chi connectivity index (χ4v) is 2.58. The number of carbonyl (C=O) groups excluding carboxylic acids is 1. The van der Waals surface area contributed by atoms with Gasteiger partial charge in [0.15, 0.2) is 0 Å². The molecule has 1 aromatic carbocycles. The minimum absolute atomic E-state index is 0.331. The van der Waals surface area contributed by atoms with Gasteiger partial charge in [0.1, 0.15) is 5.54 Å². The van der Waals surface area contributed by atoms with Crippen molar-refractivity contribution in [1.29, 1.82) is 0 Å². The molecule has 0 aliphatic rings. The maximum Gasteiger partial charge on any atom is 0.243 e. The lowest BCUT2D eigenvalue weighted by atomic mass is 9.91. The van der Waals surface area contributed by atoms with E-state index < -0.39 is 5.54 Å². The normalized spacial score (nSPS) is 14.4. The molecular formula is C12H18N2OS. The first-order valence-electron chi connectivity index (χ1n) is 5.29. The van der Waals surface area contributed by atoms with Crippen molar-refractivity contribution in [2.75, 3.05) is 18.6 Å². The molecule has 3 nitrogen and oxygen atoms in total. The zero-order valence-electron chi connectivity index (χ0n) is 9.69. The predicted octanol–water partition coefficient (Wildman–Crippen LogP) is 1.34. The van der Waals surface area contributed by atoms with Gasteiger partial charge in [-0.25, -0.2) is 0 Å². The van der Waals surface area contributed by atoms with Gasteiger partial charge in [-0.3, -0.25) is 4.79 Å². The van der Waals surface area contributed by atoms with Gasteiger partial charge < -0.3 is 11.1 Å². The summed E-state index contributed by atoms with van der Waals surface area (Å²) in [5, 5.41) is 3.07. The van der Waals surface area contributed by atoms with Crippen LogP contribution in [-0.2, 0) is 10.3 Å². The van der Waals surface area contributed by atoms with Gasteiger partial charge in [0.05, 0.1) is 0 Å². The van der Waals surface area contributed by atoms with Crippen LogP contribution in [-0.4, -0.2) is 24.5 Å². The highest BCUT2D eigenvalue weighted by Crippen LogP contribution is 2.25. The van der Waals surface area contributed by atoms with Crippen LogP contribution in [0.1, 0.15) is 12.5 Å². The van der Waals surface area contributed by atoms with Crippen molar-refractivity contribution in [3.8, 4) is 0 Å². The van der Waals surface area contributed by atoms with Crippen molar-refractivity contribution in [3.05, 3.63) is 35.9 Å². The summed E-state index contributed by atoms with van der Waals surface area (Å²) >= 11 is 1.70. The minimum atomic E-state index is -0.762. The number of hydrogen-bond acceptors (Lipinski definition) is 3. The maximum atomic E-state index is 11.7. The zero-order chi connectivity index (χ0) is 12.0. The SMILES string of the molecule is CCSCC(NC)(C(N)=O)c1ccccc1. The third-order valence-electron chi connectivity index (χ3n) is 2.64. The first-order valence-corrected chi connectivity index (χ1v) is 6.45. The minimum Gasteiger partial charge on any atom is -0.368 e. The molecule has 0 spiro atoms. The van der Waals surface area contributed by atoms with Crippen molar-refractivity contribution in [2.24, 2.45) is 5.73 Å². The van der Waals surface area contributed by atoms with E-state index in [4.69, 9.17) is 5.73 Å². The summed E-state index contributed by atoms with van der Waals surface area (Å²) in [6.07, 6.45) is 0. The van der Waals surface area contributed by atoms with Gasteiger partial charge in [-0.1, -0.05) is 37.3 Å². The van der Waals surface area contributed by atoms with Gasteiger partial charge in [0.25, 0.3) is 0 Å². The number of thioether (sulfide) groups is 1. The van der Waals surface area contributed by atoms with E-state index in [1.165, 1.54) is 0 Å². The lowest BCUT2D eigenvalue weighted by Gasteiger charge is -2.30. The van der Waals surface area contributed by atoms with Crippen molar-refractivity contribution in [1.82, 2.24) is 5.32 Å². The first kappa shape index (κ1) is 13.1. The molecule has 88 valence electrons. The molecule has 1 aromatic rings. The van der Waals surface area contributed by atoms with Crippen LogP contribution in [0.2, 0.25) is 0 Å². The number of hydrogen-bond donors (Lipinski definition) is 2. The van der Waals surface area contributed by atoms with Gasteiger partial charge in [0, 0.05) is 5.75 Å². The molecule has 0 fully saturated rings. The summed E-state index contributed by atoms with van der Waals surface area (Å²) in [4.78, 5) is 11.7. The topological polar surface area (TPSA) is 55.1 Å². The van der Waals surface area contributed by atoms with Crippen molar-refractivity contribution in [3.63, 3.8) is 0 Å². The molecule has 3 N–H and O–H groups in total. The lowest BCUT2D eigenvalue weighted by molar-refractivity contribution is -0.123. The van der Waals surface area contributed by atoms with E-state index in [0.717, 1.165) is 11.3 Å². The predicted molar refractivity (Wildman–Crippen MR) is 69.4 cm³/mol. The summed E-state index contributed by atoms with van der Waals surface area (Å²) in [5.41, 5.74) is 5.70. The summed E-state index contributed by atoms with van der Waals surface area (Å²) in [6, 6.07) is 9.62. The molecule has 0 aliphatic heterocycles. The Morgan fingerprint density at radius 1 is 1.44 bits per heavy atom. The third kappa shape index (κ3) is 2.57. The number of primary amides is 1. The second-order valence-corrected chi connectivity index (χ2v) is 4.80. The molecule has 1 unspecified atom stereocenters. The summed E-state index contributed by atoms with van der Waals surface area (Å²) in [5.74, 6) is 1.28. The van der Waals surface area contributed by atoms with E-state index >= 15 is 0 Å². The molecule has 0 bridgehead atoms. The van der Waals surface area contributed by atoms with E-state index in [9.17, 15) is 4.79 Å². The Bertz CT molecular complexity index is 342. The second kappa shape index (κ2) is 5.92. The van der Waals surface area contributed by atoms with Crippen LogP contribution in [0.25, 0.3) is 0 Å². The van der Waals surface area contributed by atoms with Gasteiger partial charge in [-0.15, -0.1) is 0 Å². The number of nitrogens with one attached hydrogen (secondary N) is 1. The number of rotatable bonds is 6. The molecule has 16 heavy (non-hydrogen) atoms. The Hall–Kier alpha value is -1.00. The van der Waals surface area contributed by atoms with Crippen molar-refractivity contribution >= 4 is 17.7 Å². The highest BCUT2D eigenvalue weighted by Gasteiger charge is 2.36. The van der Waals surface area contributed by atoms with Crippen LogP contribution in [0.3, 0.4) is 0 Å². The molecule has 1 amide bonds. The number of carbonyl (C=O) groups is 1.